The Hall–Kier alpha value is -1.61. The van der Waals surface area contributed by atoms with Gasteiger partial charge < -0.3 is 16.2 Å². The predicted octanol–water partition coefficient (Wildman–Crippen LogP) is -1.35. The monoisotopic (exact) mass is 185 g/mol. The third kappa shape index (κ3) is 5.64. The molecule has 4 N–H and O–H groups in total. The highest BCUT2D eigenvalue weighted by atomic mass is 16.5. The fourth-order valence-electron chi connectivity index (χ4n) is 0.626. The van der Waals surface area contributed by atoms with Crippen molar-refractivity contribution < 1.29 is 14.3 Å². The molecule has 1 amide bonds. The molecule has 13 heavy (non-hydrogen) atoms. The van der Waals surface area contributed by atoms with E-state index in [0.717, 1.165) is 0 Å². The van der Waals surface area contributed by atoms with Crippen LogP contribution in [0.25, 0.3) is 0 Å². The largest absolute Gasteiger partial charge is 0.449 e. The summed E-state index contributed by atoms with van der Waals surface area (Å²) in [5.74, 6) is -1.22. The number of nitriles is 1. The summed E-state index contributed by atoms with van der Waals surface area (Å²) in [7, 11) is 0. The number of ether oxygens (including phenoxy) is 1. The minimum Gasteiger partial charge on any atom is -0.449 e. The Balaban J connectivity index is 3.70. The number of primary amides is 1. The summed E-state index contributed by atoms with van der Waals surface area (Å²) in [6.45, 7) is -0.330. The molecular formula is C7H11N3O3. The van der Waals surface area contributed by atoms with E-state index in [4.69, 9.17) is 16.7 Å². The second kappa shape index (κ2) is 5.97. The standard InChI is InChI=1S/C7H11N3O3/c8-3-4-13-7(12)5(9)1-2-6(10)11/h5H,1-2,4,9H2,(H2,10,11). The van der Waals surface area contributed by atoms with Gasteiger partial charge in [-0.25, -0.2) is 0 Å². The fourth-order valence-corrected chi connectivity index (χ4v) is 0.626. The van der Waals surface area contributed by atoms with Gasteiger partial charge in [-0.15, -0.1) is 0 Å². The molecule has 0 aliphatic rings. The zero-order chi connectivity index (χ0) is 10.3. The lowest BCUT2D eigenvalue weighted by Crippen LogP contribution is -2.33. The smallest absolute Gasteiger partial charge is 0.323 e. The Morgan fingerprint density at radius 2 is 2.15 bits per heavy atom. The average molecular weight is 185 g/mol. The second-order valence-corrected chi connectivity index (χ2v) is 2.38. The van der Waals surface area contributed by atoms with Gasteiger partial charge in [0.05, 0.1) is 0 Å². The van der Waals surface area contributed by atoms with E-state index in [1.165, 1.54) is 0 Å². The Morgan fingerprint density at radius 3 is 2.62 bits per heavy atom. The highest BCUT2D eigenvalue weighted by Crippen LogP contribution is 1.96. The van der Waals surface area contributed by atoms with Crippen LogP contribution in [-0.2, 0) is 14.3 Å². The number of hydrogen-bond donors (Lipinski definition) is 2. The van der Waals surface area contributed by atoms with Crippen LogP contribution in [0.2, 0.25) is 0 Å². The Kier molecular flexibility index (Phi) is 5.23. The summed E-state index contributed by atoms with van der Waals surface area (Å²) in [5.41, 5.74) is 10.2. The van der Waals surface area contributed by atoms with Gasteiger partial charge in [0.2, 0.25) is 5.91 Å². The summed E-state index contributed by atoms with van der Waals surface area (Å²) in [4.78, 5) is 21.2. The maximum Gasteiger partial charge on any atom is 0.323 e. The lowest BCUT2D eigenvalue weighted by atomic mass is 10.1. The van der Waals surface area contributed by atoms with Crippen LogP contribution in [0.15, 0.2) is 0 Å². The van der Waals surface area contributed by atoms with E-state index in [1.54, 1.807) is 6.07 Å². The highest BCUT2D eigenvalue weighted by molar-refractivity contribution is 5.78. The Labute approximate surface area is 75.4 Å². The van der Waals surface area contributed by atoms with E-state index in [0.29, 0.717) is 0 Å². The van der Waals surface area contributed by atoms with Gasteiger partial charge in [-0.05, 0) is 6.42 Å². The molecule has 0 bridgehead atoms. The molecule has 0 aromatic heterocycles. The SMILES string of the molecule is N#CCOC(=O)C(N)CCC(N)=O. The van der Waals surface area contributed by atoms with Crippen molar-refractivity contribution in [1.82, 2.24) is 0 Å². The molecule has 1 unspecified atom stereocenters. The fraction of sp³-hybridized carbons (Fsp3) is 0.571. The third-order valence-electron chi connectivity index (χ3n) is 1.28. The lowest BCUT2D eigenvalue weighted by molar-refractivity contribution is -0.143. The second-order valence-electron chi connectivity index (χ2n) is 2.38. The molecule has 0 aromatic rings. The Morgan fingerprint density at radius 1 is 1.54 bits per heavy atom. The number of esters is 1. The molecular weight excluding hydrogens is 174 g/mol. The summed E-state index contributed by atoms with van der Waals surface area (Å²) >= 11 is 0. The van der Waals surface area contributed by atoms with E-state index in [-0.39, 0.29) is 19.4 Å². The van der Waals surface area contributed by atoms with Crippen molar-refractivity contribution in [3.8, 4) is 6.07 Å². The van der Waals surface area contributed by atoms with Crippen molar-refractivity contribution in [2.45, 2.75) is 18.9 Å². The molecule has 0 saturated heterocycles. The normalized spacial score (nSPS) is 11.4. The van der Waals surface area contributed by atoms with Gasteiger partial charge in [0.1, 0.15) is 12.1 Å². The molecule has 72 valence electrons. The first-order valence-electron chi connectivity index (χ1n) is 3.65. The molecule has 0 heterocycles. The quantitative estimate of drug-likeness (QED) is 0.513. The van der Waals surface area contributed by atoms with Gasteiger partial charge in [0.15, 0.2) is 6.61 Å². The molecule has 0 aliphatic carbocycles. The lowest BCUT2D eigenvalue weighted by Gasteiger charge is -2.07. The van der Waals surface area contributed by atoms with Crippen molar-refractivity contribution in [2.75, 3.05) is 6.61 Å². The van der Waals surface area contributed by atoms with E-state index in [1.807, 2.05) is 0 Å². The van der Waals surface area contributed by atoms with Gasteiger partial charge in [-0.1, -0.05) is 0 Å². The van der Waals surface area contributed by atoms with Crippen LogP contribution in [0, 0.1) is 11.3 Å². The zero-order valence-electron chi connectivity index (χ0n) is 7.03. The van der Waals surface area contributed by atoms with Gasteiger partial charge >= 0.3 is 5.97 Å². The summed E-state index contributed by atoms with van der Waals surface area (Å²) in [6, 6.07) is 0.740. The number of carbonyl (C=O) groups excluding carboxylic acids is 2. The van der Waals surface area contributed by atoms with E-state index < -0.39 is 17.9 Å². The number of nitrogens with zero attached hydrogens (tertiary/aromatic N) is 1. The molecule has 6 nitrogen and oxygen atoms in total. The molecule has 0 saturated carbocycles. The molecule has 0 aromatic carbocycles. The van der Waals surface area contributed by atoms with E-state index >= 15 is 0 Å². The minimum absolute atomic E-state index is 0.0306. The number of carbonyl (C=O) groups is 2. The minimum atomic E-state index is -0.888. The first kappa shape index (κ1) is 11.4. The topological polar surface area (TPSA) is 119 Å². The van der Waals surface area contributed by atoms with Crippen molar-refractivity contribution in [2.24, 2.45) is 11.5 Å². The molecule has 0 radical (unpaired) electrons. The molecule has 0 rings (SSSR count). The predicted molar refractivity (Wildman–Crippen MR) is 43.0 cm³/mol. The molecule has 0 aliphatic heterocycles. The van der Waals surface area contributed by atoms with E-state index in [9.17, 15) is 9.59 Å². The number of rotatable bonds is 5. The van der Waals surface area contributed by atoms with Crippen molar-refractivity contribution in [3.63, 3.8) is 0 Å². The van der Waals surface area contributed by atoms with Gasteiger partial charge in [-0.2, -0.15) is 5.26 Å². The van der Waals surface area contributed by atoms with Crippen LogP contribution in [0.1, 0.15) is 12.8 Å². The third-order valence-corrected chi connectivity index (χ3v) is 1.28. The van der Waals surface area contributed by atoms with Crippen molar-refractivity contribution >= 4 is 11.9 Å². The van der Waals surface area contributed by atoms with Crippen molar-refractivity contribution in [3.05, 3.63) is 0 Å². The maximum atomic E-state index is 10.9. The van der Waals surface area contributed by atoms with Crippen LogP contribution in [0.3, 0.4) is 0 Å². The first-order chi connectivity index (χ1) is 6.07. The highest BCUT2D eigenvalue weighted by Gasteiger charge is 2.15. The van der Waals surface area contributed by atoms with Gasteiger partial charge in [0, 0.05) is 6.42 Å². The zero-order valence-corrected chi connectivity index (χ0v) is 7.03. The van der Waals surface area contributed by atoms with Crippen molar-refractivity contribution in [1.29, 1.82) is 5.26 Å². The van der Waals surface area contributed by atoms with Crippen LogP contribution in [-0.4, -0.2) is 24.5 Å². The molecule has 0 fully saturated rings. The number of hydrogen-bond acceptors (Lipinski definition) is 5. The summed E-state index contributed by atoms with van der Waals surface area (Å²) < 4.78 is 4.41. The number of amides is 1. The van der Waals surface area contributed by atoms with Gasteiger partial charge in [0.25, 0.3) is 0 Å². The van der Waals surface area contributed by atoms with Crippen LogP contribution >= 0.6 is 0 Å². The number of nitrogens with two attached hydrogens (primary N) is 2. The van der Waals surface area contributed by atoms with E-state index in [2.05, 4.69) is 4.74 Å². The molecule has 0 spiro atoms. The Bertz CT molecular complexity index is 234. The molecule has 1 atom stereocenters. The average Bonchev–Trinajstić information content (AvgIpc) is 2.10. The maximum absolute atomic E-state index is 10.9. The van der Waals surface area contributed by atoms with Crippen LogP contribution < -0.4 is 11.5 Å². The summed E-state index contributed by atoms with van der Waals surface area (Å²) in [5, 5.41) is 8.07. The molecule has 6 heteroatoms. The van der Waals surface area contributed by atoms with Crippen LogP contribution in [0.4, 0.5) is 0 Å². The first-order valence-corrected chi connectivity index (χ1v) is 3.65. The summed E-state index contributed by atoms with van der Waals surface area (Å²) in [6.07, 6.45) is 0.169. The van der Waals surface area contributed by atoms with Crippen LogP contribution in [0.5, 0.6) is 0 Å². The van der Waals surface area contributed by atoms with Gasteiger partial charge in [-0.3, -0.25) is 9.59 Å².